The first-order valence-corrected chi connectivity index (χ1v) is 5.44. The van der Waals surface area contributed by atoms with Crippen molar-refractivity contribution in [2.45, 2.75) is 23.8 Å². The van der Waals surface area contributed by atoms with Gasteiger partial charge in [-0.05, 0) is 6.42 Å². The Morgan fingerprint density at radius 2 is 2.45 bits per heavy atom. The normalized spacial score (nSPS) is 48.5. The fraction of sp³-hybridized carbons (Fsp3) is 1.00. The van der Waals surface area contributed by atoms with Gasteiger partial charge in [0.05, 0.1) is 12.7 Å². The highest BCUT2D eigenvalue weighted by atomic mass is 32.2. The Labute approximate surface area is 71.3 Å². The standard InChI is InChI=1S/C8H13NOS/c1-6-5-11-8(1)3-9(6)2-7-4-10-7/h6-8H,1-5H2. The minimum absolute atomic E-state index is 0.597. The summed E-state index contributed by atoms with van der Waals surface area (Å²) in [6, 6.07) is 0.897. The number of hydrogen-bond acceptors (Lipinski definition) is 3. The Bertz CT molecular complexity index is 171. The second-order valence-electron chi connectivity index (χ2n) is 3.75. The third-order valence-corrected chi connectivity index (χ3v) is 4.24. The van der Waals surface area contributed by atoms with E-state index in [2.05, 4.69) is 16.7 Å². The summed E-state index contributed by atoms with van der Waals surface area (Å²) in [5.41, 5.74) is 0. The molecule has 3 heterocycles. The van der Waals surface area contributed by atoms with Crippen molar-refractivity contribution in [2.75, 3.05) is 25.4 Å². The topological polar surface area (TPSA) is 15.8 Å². The lowest BCUT2D eigenvalue weighted by atomic mass is 10.2. The zero-order chi connectivity index (χ0) is 7.26. The van der Waals surface area contributed by atoms with E-state index < -0.39 is 0 Å². The van der Waals surface area contributed by atoms with E-state index in [-0.39, 0.29) is 0 Å². The highest BCUT2D eigenvalue weighted by Gasteiger charge is 2.40. The molecule has 0 N–H and O–H groups in total. The van der Waals surface area contributed by atoms with E-state index in [0.29, 0.717) is 6.10 Å². The molecule has 2 bridgehead atoms. The molecule has 3 rings (SSSR count). The van der Waals surface area contributed by atoms with Crippen LogP contribution in [0.1, 0.15) is 6.42 Å². The van der Waals surface area contributed by atoms with Gasteiger partial charge in [-0.15, -0.1) is 0 Å². The summed E-state index contributed by atoms with van der Waals surface area (Å²) in [6.07, 6.45) is 2.04. The van der Waals surface area contributed by atoms with E-state index in [4.69, 9.17) is 4.74 Å². The van der Waals surface area contributed by atoms with Crippen molar-refractivity contribution in [3.63, 3.8) is 0 Å². The molecule has 0 radical (unpaired) electrons. The number of thioether (sulfide) groups is 1. The molecular weight excluding hydrogens is 158 g/mol. The molecule has 2 nitrogen and oxygen atoms in total. The van der Waals surface area contributed by atoms with Crippen LogP contribution in [-0.4, -0.2) is 47.7 Å². The summed E-state index contributed by atoms with van der Waals surface area (Å²) in [4.78, 5) is 2.62. The van der Waals surface area contributed by atoms with Gasteiger partial charge in [-0.3, -0.25) is 4.90 Å². The fourth-order valence-corrected chi connectivity index (χ4v) is 3.63. The van der Waals surface area contributed by atoms with Gasteiger partial charge in [0, 0.05) is 30.1 Å². The van der Waals surface area contributed by atoms with Crippen LogP contribution in [0.4, 0.5) is 0 Å². The molecule has 0 aromatic carbocycles. The van der Waals surface area contributed by atoms with Crippen molar-refractivity contribution < 1.29 is 4.74 Å². The van der Waals surface area contributed by atoms with Crippen LogP contribution in [0.5, 0.6) is 0 Å². The largest absolute Gasteiger partial charge is 0.372 e. The summed E-state index contributed by atoms with van der Waals surface area (Å²) < 4.78 is 5.23. The molecule has 0 spiro atoms. The maximum atomic E-state index is 5.23. The van der Waals surface area contributed by atoms with Crippen LogP contribution < -0.4 is 0 Å². The van der Waals surface area contributed by atoms with Crippen LogP contribution in [0.3, 0.4) is 0 Å². The van der Waals surface area contributed by atoms with E-state index in [0.717, 1.165) is 17.9 Å². The van der Waals surface area contributed by atoms with Gasteiger partial charge >= 0.3 is 0 Å². The molecule has 3 aliphatic heterocycles. The zero-order valence-electron chi connectivity index (χ0n) is 6.53. The molecule has 0 amide bonds. The predicted molar refractivity (Wildman–Crippen MR) is 46.0 cm³/mol. The highest BCUT2D eigenvalue weighted by molar-refractivity contribution is 8.00. The number of hydrogen-bond donors (Lipinski definition) is 0. The lowest BCUT2D eigenvalue weighted by molar-refractivity contribution is 0.238. The first kappa shape index (κ1) is 6.75. The van der Waals surface area contributed by atoms with Crippen LogP contribution in [0.2, 0.25) is 0 Å². The molecule has 0 aromatic rings. The molecule has 3 saturated heterocycles. The summed E-state index contributed by atoms with van der Waals surface area (Å²) in [5.74, 6) is 1.37. The average Bonchev–Trinajstić information content (AvgIpc) is 2.61. The summed E-state index contributed by atoms with van der Waals surface area (Å²) in [6.45, 7) is 3.55. The smallest absolute Gasteiger partial charge is 0.0936 e. The third-order valence-electron chi connectivity index (χ3n) is 2.85. The Morgan fingerprint density at radius 3 is 3.00 bits per heavy atom. The number of epoxide rings is 1. The number of nitrogens with zero attached hydrogens (tertiary/aromatic N) is 1. The van der Waals surface area contributed by atoms with Gasteiger partial charge in [-0.2, -0.15) is 11.8 Å². The molecule has 3 unspecified atom stereocenters. The Balaban J connectivity index is 1.62. The van der Waals surface area contributed by atoms with Crippen molar-refractivity contribution >= 4 is 11.8 Å². The van der Waals surface area contributed by atoms with Gasteiger partial charge in [0.15, 0.2) is 0 Å². The van der Waals surface area contributed by atoms with Crippen molar-refractivity contribution in [2.24, 2.45) is 0 Å². The van der Waals surface area contributed by atoms with E-state index in [1.165, 1.54) is 25.3 Å². The minimum Gasteiger partial charge on any atom is -0.372 e. The first-order chi connectivity index (χ1) is 5.42. The summed E-state index contributed by atoms with van der Waals surface area (Å²) in [5, 5.41) is 0.957. The molecule has 11 heavy (non-hydrogen) atoms. The number of fused-ring (bicyclic) bond motifs is 2. The van der Waals surface area contributed by atoms with Gasteiger partial charge in [0.1, 0.15) is 0 Å². The Hall–Kier alpha value is 0.270. The molecule has 3 aliphatic rings. The van der Waals surface area contributed by atoms with Crippen LogP contribution in [0.15, 0.2) is 0 Å². The SMILES string of the molecule is C1OC1CN1CC2CC1CS2. The lowest BCUT2D eigenvalue weighted by Gasteiger charge is -2.25. The predicted octanol–water partition coefficient (Wildman–Crippen LogP) is 0.575. The van der Waals surface area contributed by atoms with E-state index in [1.807, 2.05) is 0 Å². The first-order valence-electron chi connectivity index (χ1n) is 4.39. The van der Waals surface area contributed by atoms with Gasteiger partial charge in [-0.1, -0.05) is 0 Å². The molecule has 62 valence electrons. The lowest BCUT2D eigenvalue weighted by Crippen LogP contribution is -2.36. The van der Waals surface area contributed by atoms with Crippen molar-refractivity contribution in [3.8, 4) is 0 Å². The highest BCUT2D eigenvalue weighted by Crippen LogP contribution is 2.37. The number of ether oxygens (including phenoxy) is 1. The number of likely N-dealkylation sites (tertiary alicyclic amines) is 1. The quantitative estimate of drug-likeness (QED) is 0.565. The monoisotopic (exact) mass is 171 g/mol. The second kappa shape index (κ2) is 2.38. The molecule has 3 heteroatoms. The molecule has 0 saturated carbocycles. The summed E-state index contributed by atoms with van der Waals surface area (Å²) in [7, 11) is 0. The van der Waals surface area contributed by atoms with Crippen molar-refractivity contribution in [1.29, 1.82) is 0 Å². The molecule has 0 aliphatic carbocycles. The Morgan fingerprint density at radius 1 is 1.55 bits per heavy atom. The molecular formula is C8H13NOS. The van der Waals surface area contributed by atoms with Crippen molar-refractivity contribution in [1.82, 2.24) is 4.90 Å². The molecule has 3 atom stereocenters. The zero-order valence-corrected chi connectivity index (χ0v) is 7.35. The maximum absolute atomic E-state index is 5.23. The Kier molecular flexibility index (Phi) is 1.46. The third kappa shape index (κ3) is 1.19. The van der Waals surface area contributed by atoms with Crippen molar-refractivity contribution in [3.05, 3.63) is 0 Å². The number of rotatable bonds is 2. The van der Waals surface area contributed by atoms with Gasteiger partial charge < -0.3 is 4.74 Å². The summed E-state index contributed by atoms with van der Waals surface area (Å²) >= 11 is 2.16. The maximum Gasteiger partial charge on any atom is 0.0936 e. The molecule has 3 fully saturated rings. The minimum atomic E-state index is 0.597. The van der Waals surface area contributed by atoms with Crippen LogP contribution in [0, 0.1) is 0 Å². The average molecular weight is 171 g/mol. The second-order valence-corrected chi connectivity index (χ2v) is 5.09. The van der Waals surface area contributed by atoms with Crippen LogP contribution in [0.25, 0.3) is 0 Å². The van der Waals surface area contributed by atoms with E-state index >= 15 is 0 Å². The van der Waals surface area contributed by atoms with Gasteiger partial charge in [0.2, 0.25) is 0 Å². The van der Waals surface area contributed by atoms with Gasteiger partial charge in [0.25, 0.3) is 0 Å². The van der Waals surface area contributed by atoms with Gasteiger partial charge in [-0.25, -0.2) is 0 Å². The van der Waals surface area contributed by atoms with Crippen LogP contribution in [-0.2, 0) is 4.74 Å². The molecule has 0 aromatic heterocycles. The van der Waals surface area contributed by atoms with E-state index in [9.17, 15) is 0 Å². The van der Waals surface area contributed by atoms with Crippen LogP contribution >= 0.6 is 11.8 Å². The van der Waals surface area contributed by atoms with E-state index in [1.54, 1.807) is 0 Å². The fourth-order valence-electron chi connectivity index (χ4n) is 2.14.